The number of carbonyl (C=O) groups is 3. The molecule has 0 spiro atoms. The average Bonchev–Trinajstić information content (AvgIpc) is 2.81. The Labute approximate surface area is 165 Å². The number of aryl methyl sites for hydroxylation is 1. The molecule has 0 saturated carbocycles. The number of nitrogens with zero attached hydrogens (tertiary/aromatic N) is 1. The number of nitrogens with one attached hydrogen (secondary N) is 2. The Kier molecular flexibility index (Phi) is 7.25. The number of amides is 4. The Balaban J connectivity index is 1.94. The quantitative estimate of drug-likeness (QED) is 0.486. The van der Waals surface area contributed by atoms with Gasteiger partial charge in [-0.2, -0.15) is 0 Å². The van der Waals surface area contributed by atoms with Crippen LogP contribution in [0.25, 0.3) is 0 Å². The first-order chi connectivity index (χ1) is 12.8. The first-order valence-electron chi connectivity index (χ1n) is 9.47. The van der Waals surface area contributed by atoms with Gasteiger partial charge in [-0.1, -0.05) is 56.7 Å². The zero-order valence-corrected chi connectivity index (χ0v) is 17.0. The van der Waals surface area contributed by atoms with Crippen molar-refractivity contribution in [3.05, 3.63) is 28.8 Å². The lowest BCUT2D eigenvalue weighted by Gasteiger charge is -2.21. The molecule has 1 aromatic carbocycles. The van der Waals surface area contributed by atoms with E-state index in [2.05, 4.69) is 17.6 Å². The van der Waals surface area contributed by atoms with Crippen molar-refractivity contribution in [3.63, 3.8) is 0 Å². The van der Waals surface area contributed by atoms with Crippen molar-refractivity contribution in [2.24, 2.45) is 0 Å². The monoisotopic (exact) mass is 393 g/mol. The summed E-state index contributed by atoms with van der Waals surface area (Å²) in [5, 5.41) is 5.96. The van der Waals surface area contributed by atoms with Crippen LogP contribution in [0.3, 0.4) is 0 Å². The molecule has 2 N–H and O–H groups in total. The van der Waals surface area contributed by atoms with E-state index in [1.807, 2.05) is 6.92 Å². The first-order valence-corrected chi connectivity index (χ1v) is 9.85. The standard InChI is InChI=1S/C20H28ClN3O3/c1-4-5-6-7-8-11-20(3)18(26)24(19(27)23-20)13-17(25)22-16-12-15(21)10-9-14(16)2/h9-10,12H,4-8,11,13H2,1-3H3,(H,22,25)(H,23,27). The third-order valence-corrected chi connectivity index (χ3v) is 5.14. The van der Waals surface area contributed by atoms with Gasteiger partial charge in [0.25, 0.3) is 5.91 Å². The maximum atomic E-state index is 12.7. The summed E-state index contributed by atoms with van der Waals surface area (Å²) in [6.45, 7) is 5.40. The van der Waals surface area contributed by atoms with Crippen LogP contribution in [0.1, 0.15) is 57.9 Å². The topological polar surface area (TPSA) is 78.5 Å². The lowest BCUT2D eigenvalue weighted by molar-refractivity contribution is -0.133. The second-order valence-corrected chi connectivity index (χ2v) is 7.76. The number of imide groups is 1. The van der Waals surface area contributed by atoms with Gasteiger partial charge in [0.05, 0.1) is 0 Å². The minimum Gasteiger partial charge on any atom is -0.324 e. The molecule has 6 nitrogen and oxygen atoms in total. The Hall–Kier alpha value is -2.08. The van der Waals surface area contributed by atoms with Crippen molar-refractivity contribution in [2.75, 3.05) is 11.9 Å². The Morgan fingerprint density at radius 1 is 1.22 bits per heavy atom. The van der Waals surface area contributed by atoms with Crippen molar-refractivity contribution in [2.45, 2.75) is 64.8 Å². The zero-order valence-electron chi connectivity index (χ0n) is 16.2. The molecule has 1 saturated heterocycles. The zero-order chi connectivity index (χ0) is 20.0. The fourth-order valence-electron chi connectivity index (χ4n) is 3.20. The molecule has 0 aromatic heterocycles. The van der Waals surface area contributed by atoms with Gasteiger partial charge in [-0.15, -0.1) is 0 Å². The third-order valence-electron chi connectivity index (χ3n) is 4.90. The van der Waals surface area contributed by atoms with Gasteiger partial charge in [-0.05, 0) is 38.0 Å². The van der Waals surface area contributed by atoms with E-state index in [1.165, 1.54) is 6.42 Å². The van der Waals surface area contributed by atoms with Crippen molar-refractivity contribution in [3.8, 4) is 0 Å². The molecule has 1 heterocycles. The van der Waals surface area contributed by atoms with Crippen molar-refractivity contribution in [1.29, 1.82) is 0 Å². The molecule has 1 unspecified atom stereocenters. The fourth-order valence-corrected chi connectivity index (χ4v) is 3.38. The largest absolute Gasteiger partial charge is 0.325 e. The fraction of sp³-hybridized carbons (Fsp3) is 0.550. The lowest BCUT2D eigenvalue weighted by Crippen LogP contribution is -2.44. The molecule has 0 radical (unpaired) electrons. The van der Waals surface area contributed by atoms with Crippen molar-refractivity contribution in [1.82, 2.24) is 10.2 Å². The van der Waals surface area contributed by atoms with E-state index in [-0.39, 0.29) is 12.5 Å². The summed E-state index contributed by atoms with van der Waals surface area (Å²) in [4.78, 5) is 38.3. The summed E-state index contributed by atoms with van der Waals surface area (Å²) in [7, 11) is 0. The number of hydrogen-bond donors (Lipinski definition) is 2. The highest BCUT2D eigenvalue weighted by molar-refractivity contribution is 6.31. The van der Waals surface area contributed by atoms with Crippen LogP contribution in [0, 0.1) is 6.92 Å². The van der Waals surface area contributed by atoms with Crippen molar-refractivity contribution >= 4 is 35.1 Å². The number of halogens is 1. The van der Waals surface area contributed by atoms with Crippen LogP contribution in [0.4, 0.5) is 10.5 Å². The molecule has 148 valence electrons. The predicted molar refractivity (Wildman–Crippen MR) is 107 cm³/mol. The number of carbonyl (C=O) groups excluding carboxylic acids is 3. The van der Waals surface area contributed by atoms with Crippen LogP contribution in [-0.4, -0.2) is 34.8 Å². The molecule has 0 bridgehead atoms. The number of hydrogen-bond acceptors (Lipinski definition) is 3. The second kappa shape index (κ2) is 9.22. The smallest absolute Gasteiger partial charge is 0.324 e. The van der Waals surface area contributed by atoms with E-state index in [1.54, 1.807) is 25.1 Å². The van der Waals surface area contributed by atoms with Gasteiger partial charge in [0, 0.05) is 10.7 Å². The average molecular weight is 394 g/mol. The van der Waals surface area contributed by atoms with E-state index in [9.17, 15) is 14.4 Å². The summed E-state index contributed by atoms with van der Waals surface area (Å²) in [6.07, 6.45) is 5.92. The molecule has 7 heteroatoms. The van der Waals surface area contributed by atoms with Crippen LogP contribution in [0.5, 0.6) is 0 Å². The van der Waals surface area contributed by atoms with Gasteiger partial charge in [0.2, 0.25) is 5.91 Å². The van der Waals surface area contributed by atoms with Crippen LogP contribution < -0.4 is 10.6 Å². The van der Waals surface area contributed by atoms with Gasteiger partial charge in [-0.3, -0.25) is 14.5 Å². The number of urea groups is 1. The van der Waals surface area contributed by atoms with Gasteiger partial charge in [0.15, 0.2) is 0 Å². The summed E-state index contributed by atoms with van der Waals surface area (Å²) >= 11 is 5.95. The minimum absolute atomic E-state index is 0.317. The third kappa shape index (κ3) is 5.45. The normalized spacial score (nSPS) is 19.3. The molecule has 1 fully saturated rings. The summed E-state index contributed by atoms with van der Waals surface area (Å²) < 4.78 is 0. The van der Waals surface area contributed by atoms with Crippen molar-refractivity contribution < 1.29 is 14.4 Å². The van der Waals surface area contributed by atoms with Crippen LogP contribution in [0.15, 0.2) is 18.2 Å². The molecule has 27 heavy (non-hydrogen) atoms. The Morgan fingerprint density at radius 2 is 1.93 bits per heavy atom. The molecule has 0 aliphatic carbocycles. The predicted octanol–water partition coefficient (Wildman–Crippen LogP) is 4.26. The Morgan fingerprint density at radius 3 is 2.63 bits per heavy atom. The molecular formula is C20H28ClN3O3. The van der Waals surface area contributed by atoms with E-state index in [0.717, 1.165) is 36.1 Å². The van der Waals surface area contributed by atoms with E-state index in [4.69, 9.17) is 11.6 Å². The van der Waals surface area contributed by atoms with Gasteiger partial charge in [0.1, 0.15) is 12.1 Å². The Bertz CT molecular complexity index is 722. The van der Waals surface area contributed by atoms with Gasteiger partial charge >= 0.3 is 6.03 Å². The van der Waals surface area contributed by atoms with E-state index in [0.29, 0.717) is 17.1 Å². The molecule has 1 aromatic rings. The van der Waals surface area contributed by atoms with Crippen LogP contribution in [-0.2, 0) is 9.59 Å². The molecule has 1 aliphatic rings. The highest BCUT2D eigenvalue weighted by atomic mass is 35.5. The maximum Gasteiger partial charge on any atom is 0.325 e. The first kappa shape index (κ1) is 21.2. The summed E-state index contributed by atoms with van der Waals surface area (Å²) in [6, 6.07) is 4.65. The van der Waals surface area contributed by atoms with E-state index >= 15 is 0 Å². The molecule has 2 rings (SSSR count). The molecule has 1 aliphatic heterocycles. The van der Waals surface area contributed by atoms with Crippen LogP contribution >= 0.6 is 11.6 Å². The number of rotatable bonds is 9. The minimum atomic E-state index is -0.935. The number of benzene rings is 1. The molecular weight excluding hydrogens is 366 g/mol. The number of unbranched alkanes of at least 4 members (excludes halogenated alkanes) is 4. The van der Waals surface area contributed by atoms with Crippen LogP contribution in [0.2, 0.25) is 5.02 Å². The lowest BCUT2D eigenvalue weighted by atomic mass is 9.94. The van der Waals surface area contributed by atoms with E-state index < -0.39 is 17.5 Å². The SMILES string of the molecule is CCCCCCCC1(C)NC(=O)N(CC(=O)Nc2cc(Cl)ccc2C)C1=O. The van der Waals surface area contributed by atoms with Gasteiger partial charge in [-0.25, -0.2) is 4.79 Å². The second-order valence-electron chi connectivity index (χ2n) is 7.33. The molecule has 1 atom stereocenters. The highest BCUT2D eigenvalue weighted by Gasteiger charge is 2.47. The summed E-state index contributed by atoms with van der Waals surface area (Å²) in [5.41, 5.74) is 0.482. The maximum absolute atomic E-state index is 12.7. The highest BCUT2D eigenvalue weighted by Crippen LogP contribution is 2.25. The van der Waals surface area contributed by atoms with Gasteiger partial charge < -0.3 is 10.6 Å². The molecule has 4 amide bonds. The number of anilines is 1. The summed E-state index contributed by atoms with van der Waals surface area (Å²) in [5.74, 6) is -0.781.